The van der Waals surface area contributed by atoms with Crippen molar-refractivity contribution < 1.29 is 4.74 Å². The lowest BCUT2D eigenvalue weighted by Gasteiger charge is -2.06. The zero-order chi connectivity index (χ0) is 14.2. The number of aryl methyl sites for hydroxylation is 1. The van der Waals surface area contributed by atoms with Crippen LogP contribution in [0, 0.1) is 0 Å². The Morgan fingerprint density at radius 2 is 1.95 bits per heavy atom. The Balaban J connectivity index is 2.00. The second-order valence-corrected chi connectivity index (χ2v) is 5.44. The fraction of sp³-hybridized carbons (Fsp3) is 0.278. The molecule has 3 heteroatoms. The van der Waals surface area contributed by atoms with E-state index in [9.17, 15) is 0 Å². The van der Waals surface area contributed by atoms with Gasteiger partial charge in [-0.3, -0.25) is 0 Å². The van der Waals surface area contributed by atoms with Crippen LogP contribution in [0.1, 0.15) is 18.9 Å². The van der Waals surface area contributed by atoms with E-state index in [0.717, 1.165) is 31.0 Å². The maximum absolute atomic E-state index is 5.60. The van der Waals surface area contributed by atoms with Gasteiger partial charge in [0.05, 0.1) is 6.54 Å². The first-order chi connectivity index (χ1) is 10.4. The Kier molecular flexibility index (Phi) is 2.92. The third-order valence-electron chi connectivity index (χ3n) is 4.05. The van der Waals surface area contributed by atoms with Crippen molar-refractivity contribution in [2.24, 2.45) is 4.99 Å². The molecule has 0 saturated heterocycles. The van der Waals surface area contributed by atoms with E-state index in [-0.39, 0.29) is 0 Å². The first kappa shape index (κ1) is 12.5. The van der Waals surface area contributed by atoms with E-state index in [1.807, 2.05) is 0 Å². The van der Waals surface area contributed by atoms with E-state index in [0.29, 0.717) is 6.61 Å². The van der Waals surface area contributed by atoms with E-state index in [1.54, 1.807) is 0 Å². The van der Waals surface area contributed by atoms with Crippen molar-refractivity contribution in [2.45, 2.75) is 19.9 Å². The van der Waals surface area contributed by atoms with Crippen molar-refractivity contribution in [1.82, 2.24) is 4.57 Å². The third kappa shape index (κ3) is 1.92. The van der Waals surface area contributed by atoms with E-state index in [4.69, 9.17) is 4.74 Å². The zero-order valence-corrected chi connectivity index (χ0v) is 12.2. The van der Waals surface area contributed by atoms with Crippen LogP contribution in [0.2, 0.25) is 0 Å². The van der Waals surface area contributed by atoms with Crippen LogP contribution in [0.3, 0.4) is 0 Å². The summed E-state index contributed by atoms with van der Waals surface area (Å²) in [5, 5.41) is 2.59. The molecule has 0 bridgehead atoms. The highest BCUT2D eigenvalue weighted by molar-refractivity contribution is 6.10. The topological polar surface area (TPSA) is 26.5 Å². The van der Waals surface area contributed by atoms with Crippen molar-refractivity contribution in [3.63, 3.8) is 0 Å². The van der Waals surface area contributed by atoms with Crippen LogP contribution in [-0.4, -0.2) is 23.6 Å². The maximum atomic E-state index is 5.60. The Labute approximate surface area is 123 Å². The number of hydrogen-bond donors (Lipinski definition) is 0. The highest BCUT2D eigenvalue weighted by Crippen LogP contribution is 2.30. The molecule has 3 nitrogen and oxygen atoms in total. The van der Waals surface area contributed by atoms with Crippen molar-refractivity contribution in [3.8, 4) is 0 Å². The Hall–Kier alpha value is -2.29. The van der Waals surface area contributed by atoms with Crippen molar-refractivity contribution in [2.75, 3.05) is 13.2 Å². The number of aliphatic imine (C=N–C) groups is 1. The lowest BCUT2D eigenvalue weighted by molar-refractivity contribution is 0.348. The molecule has 1 aliphatic rings. The number of fused-ring (bicyclic) bond motifs is 3. The molecule has 0 aliphatic carbocycles. The zero-order valence-electron chi connectivity index (χ0n) is 12.2. The standard InChI is InChI=1S/C18H18N2O/c1-2-10-20-16-6-4-3-5-14(16)15-12-13(7-8-17(15)20)18-19-9-11-21-18/h3-8,12H,2,9-11H2,1H3. The van der Waals surface area contributed by atoms with E-state index in [2.05, 4.69) is 58.9 Å². The highest BCUT2D eigenvalue weighted by atomic mass is 16.5. The fourth-order valence-electron chi connectivity index (χ4n) is 3.16. The predicted molar refractivity (Wildman–Crippen MR) is 87.1 cm³/mol. The molecular formula is C18H18N2O. The van der Waals surface area contributed by atoms with Crippen LogP contribution in [0.15, 0.2) is 47.5 Å². The lowest BCUT2D eigenvalue weighted by atomic mass is 10.1. The molecule has 0 spiro atoms. The van der Waals surface area contributed by atoms with Crippen molar-refractivity contribution >= 4 is 27.7 Å². The number of aromatic nitrogens is 1. The number of rotatable bonds is 3. The summed E-state index contributed by atoms with van der Waals surface area (Å²) in [6.07, 6.45) is 1.13. The average molecular weight is 278 g/mol. The number of benzene rings is 2. The first-order valence-corrected chi connectivity index (χ1v) is 7.57. The van der Waals surface area contributed by atoms with Gasteiger partial charge in [0.25, 0.3) is 0 Å². The summed E-state index contributed by atoms with van der Waals surface area (Å²) in [7, 11) is 0. The molecule has 4 rings (SSSR count). The minimum Gasteiger partial charge on any atom is -0.476 e. The van der Waals surface area contributed by atoms with E-state index < -0.39 is 0 Å². The minimum absolute atomic E-state index is 0.699. The van der Waals surface area contributed by atoms with Crippen molar-refractivity contribution in [1.29, 1.82) is 0 Å². The molecular weight excluding hydrogens is 260 g/mol. The van der Waals surface area contributed by atoms with Crippen molar-refractivity contribution in [3.05, 3.63) is 48.0 Å². The molecule has 1 aromatic heterocycles. The molecule has 0 amide bonds. The van der Waals surface area contributed by atoms with Gasteiger partial charge in [-0.15, -0.1) is 0 Å². The summed E-state index contributed by atoms with van der Waals surface area (Å²) in [6, 6.07) is 15.2. The van der Waals surface area contributed by atoms with Crippen LogP contribution in [0.5, 0.6) is 0 Å². The average Bonchev–Trinajstić information content (AvgIpc) is 3.15. The summed E-state index contributed by atoms with van der Waals surface area (Å²) in [6.45, 7) is 4.73. The molecule has 3 aromatic rings. The van der Waals surface area contributed by atoms with Gasteiger partial charge in [0.1, 0.15) is 6.61 Å². The summed E-state index contributed by atoms with van der Waals surface area (Å²) in [5.41, 5.74) is 3.68. The van der Waals surface area contributed by atoms with E-state index >= 15 is 0 Å². The van der Waals surface area contributed by atoms with E-state index in [1.165, 1.54) is 21.8 Å². The molecule has 0 atom stereocenters. The fourth-order valence-corrected chi connectivity index (χ4v) is 3.16. The number of hydrogen-bond acceptors (Lipinski definition) is 2. The Bertz CT molecular complexity index is 845. The van der Waals surface area contributed by atoms with Crippen LogP contribution in [0.4, 0.5) is 0 Å². The molecule has 0 radical (unpaired) electrons. The lowest BCUT2D eigenvalue weighted by Crippen LogP contribution is -2.01. The summed E-state index contributed by atoms with van der Waals surface area (Å²) >= 11 is 0. The highest BCUT2D eigenvalue weighted by Gasteiger charge is 2.14. The molecule has 2 aromatic carbocycles. The van der Waals surface area contributed by atoms with Gasteiger partial charge in [-0.1, -0.05) is 25.1 Å². The van der Waals surface area contributed by atoms with Gasteiger partial charge in [0, 0.05) is 33.9 Å². The summed E-state index contributed by atoms with van der Waals surface area (Å²) in [5.74, 6) is 0.782. The van der Waals surface area contributed by atoms with Gasteiger partial charge in [-0.05, 0) is 30.7 Å². The molecule has 0 N–H and O–H groups in total. The van der Waals surface area contributed by atoms with Crippen LogP contribution < -0.4 is 0 Å². The normalized spacial score (nSPS) is 14.6. The predicted octanol–water partition coefficient (Wildman–Crippen LogP) is 3.98. The van der Waals surface area contributed by atoms with Gasteiger partial charge < -0.3 is 9.30 Å². The van der Waals surface area contributed by atoms with Gasteiger partial charge in [0.2, 0.25) is 5.90 Å². The SMILES string of the molecule is CCCn1c2ccccc2c2cc(C3=NCCO3)ccc21. The van der Waals surface area contributed by atoms with Crippen LogP contribution in [-0.2, 0) is 11.3 Å². The monoisotopic (exact) mass is 278 g/mol. The Morgan fingerprint density at radius 3 is 2.76 bits per heavy atom. The second kappa shape index (κ2) is 4.92. The van der Waals surface area contributed by atoms with Gasteiger partial charge in [-0.25, -0.2) is 4.99 Å². The van der Waals surface area contributed by atoms with Crippen LogP contribution in [0.25, 0.3) is 21.8 Å². The minimum atomic E-state index is 0.699. The largest absolute Gasteiger partial charge is 0.476 e. The quantitative estimate of drug-likeness (QED) is 0.711. The van der Waals surface area contributed by atoms with Gasteiger partial charge in [-0.2, -0.15) is 0 Å². The number of nitrogens with zero attached hydrogens (tertiary/aromatic N) is 2. The molecule has 106 valence electrons. The smallest absolute Gasteiger partial charge is 0.216 e. The van der Waals surface area contributed by atoms with Gasteiger partial charge >= 0.3 is 0 Å². The first-order valence-electron chi connectivity index (χ1n) is 7.57. The molecule has 2 heterocycles. The third-order valence-corrected chi connectivity index (χ3v) is 4.05. The molecule has 1 aliphatic heterocycles. The molecule has 21 heavy (non-hydrogen) atoms. The summed E-state index contributed by atoms with van der Waals surface area (Å²) in [4.78, 5) is 4.42. The molecule has 0 fully saturated rings. The summed E-state index contributed by atoms with van der Waals surface area (Å²) < 4.78 is 8.01. The van der Waals surface area contributed by atoms with Crippen LogP contribution >= 0.6 is 0 Å². The van der Waals surface area contributed by atoms with Gasteiger partial charge in [0.15, 0.2) is 0 Å². The molecule has 0 unspecified atom stereocenters. The number of para-hydroxylation sites is 1. The number of ether oxygens (including phenoxy) is 1. The molecule has 0 saturated carbocycles. The maximum Gasteiger partial charge on any atom is 0.216 e. The second-order valence-electron chi connectivity index (χ2n) is 5.44. The Morgan fingerprint density at radius 1 is 1.10 bits per heavy atom.